The molecule has 0 spiro atoms. The van der Waals surface area contributed by atoms with Crippen LogP contribution in [0.5, 0.6) is 0 Å². The molecule has 168 valence electrons. The number of amides is 1. The fraction of sp³-hybridized carbons (Fsp3) is 0.542. The minimum absolute atomic E-state index is 0.0504. The van der Waals surface area contributed by atoms with Gasteiger partial charge in [-0.2, -0.15) is 5.10 Å². The predicted octanol–water partition coefficient (Wildman–Crippen LogP) is 2.90. The molecular formula is C24H35N5O2. The van der Waals surface area contributed by atoms with E-state index in [2.05, 4.69) is 58.3 Å². The zero-order chi connectivity index (χ0) is 22.2. The quantitative estimate of drug-likeness (QED) is 0.669. The lowest BCUT2D eigenvalue weighted by molar-refractivity contribution is -0.122. The van der Waals surface area contributed by atoms with Gasteiger partial charge in [0.25, 0.3) is 5.56 Å². The molecule has 7 nitrogen and oxygen atoms in total. The SMILES string of the molecule is CC(C)CCC[C@H](C)NC(=O)Cn1nc(N2CCN(c3ccccc3)CC2)ccc1=O. The van der Waals surface area contributed by atoms with Gasteiger partial charge in [0.05, 0.1) is 0 Å². The highest BCUT2D eigenvalue weighted by Gasteiger charge is 2.19. The van der Waals surface area contributed by atoms with Crippen molar-refractivity contribution in [3.05, 3.63) is 52.8 Å². The van der Waals surface area contributed by atoms with Gasteiger partial charge < -0.3 is 15.1 Å². The molecule has 0 radical (unpaired) electrons. The molecule has 0 aliphatic carbocycles. The molecular weight excluding hydrogens is 390 g/mol. The van der Waals surface area contributed by atoms with Crippen LogP contribution in [-0.2, 0) is 11.3 Å². The van der Waals surface area contributed by atoms with Crippen LogP contribution in [0.25, 0.3) is 0 Å². The van der Waals surface area contributed by atoms with Gasteiger partial charge in [-0.3, -0.25) is 9.59 Å². The van der Waals surface area contributed by atoms with Gasteiger partial charge in [0.1, 0.15) is 12.4 Å². The smallest absolute Gasteiger partial charge is 0.267 e. The number of hydrogen-bond donors (Lipinski definition) is 1. The maximum Gasteiger partial charge on any atom is 0.267 e. The number of nitrogens with one attached hydrogen (secondary N) is 1. The lowest BCUT2D eigenvalue weighted by Crippen LogP contribution is -2.47. The highest BCUT2D eigenvalue weighted by molar-refractivity contribution is 5.75. The molecule has 1 aromatic heterocycles. The molecule has 1 aliphatic heterocycles. The molecule has 31 heavy (non-hydrogen) atoms. The standard InChI is InChI=1S/C24H35N5O2/c1-19(2)8-7-9-20(3)25-23(30)18-29-24(31)13-12-22(26-29)28-16-14-27(15-17-28)21-10-5-4-6-11-21/h4-6,10-13,19-20H,7-9,14-18H2,1-3H3,(H,25,30)/t20-/m0/s1. The Hall–Kier alpha value is -2.83. The highest BCUT2D eigenvalue weighted by atomic mass is 16.2. The van der Waals surface area contributed by atoms with E-state index in [0.29, 0.717) is 5.92 Å². The topological polar surface area (TPSA) is 70.5 Å². The molecule has 0 bridgehead atoms. The third-order valence-corrected chi connectivity index (χ3v) is 5.70. The predicted molar refractivity (Wildman–Crippen MR) is 126 cm³/mol. The third kappa shape index (κ3) is 6.84. The minimum atomic E-state index is -0.255. The van der Waals surface area contributed by atoms with Crippen molar-refractivity contribution in [2.75, 3.05) is 36.0 Å². The van der Waals surface area contributed by atoms with Crippen LogP contribution >= 0.6 is 0 Å². The van der Waals surface area contributed by atoms with Crippen molar-refractivity contribution in [2.24, 2.45) is 5.92 Å². The van der Waals surface area contributed by atoms with Gasteiger partial charge in [-0.25, -0.2) is 4.68 Å². The molecule has 3 rings (SSSR count). The molecule has 1 fully saturated rings. The maximum atomic E-state index is 12.4. The van der Waals surface area contributed by atoms with Crippen LogP contribution in [0.1, 0.15) is 40.0 Å². The van der Waals surface area contributed by atoms with Gasteiger partial charge in [-0.15, -0.1) is 0 Å². The lowest BCUT2D eigenvalue weighted by Gasteiger charge is -2.36. The van der Waals surface area contributed by atoms with Gasteiger partial charge in [-0.1, -0.05) is 44.9 Å². The van der Waals surface area contributed by atoms with E-state index in [9.17, 15) is 9.59 Å². The monoisotopic (exact) mass is 425 g/mol. The summed E-state index contributed by atoms with van der Waals surface area (Å²) in [4.78, 5) is 29.2. The number of hydrogen-bond acceptors (Lipinski definition) is 5. The van der Waals surface area contributed by atoms with E-state index < -0.39 is 0 Å². The van der Waals surface area contributed by atoms with E-state index in [0.717, 1.165) is 51.3 Å². The molecule has 1 saturated heterocycles. The van der Waals surface area contributed by atoms with Crippen molar-refractivity contribution in [3.63, 3.8) is 0 Å². The Kier molecular flexibility index (Phi) is 8.09. The number of carbonyl (C=O) groups excluding carboxylic acids is 1. The fourth-order valence-corrected chi connectivity index (χ4v) is 3.91. The van der Waals surface area contributed by atoms with Crippen LogP contribution in [0.15, 0.2) is 47.3 Å². The Bertz CT molecular complexity index is 888. The summed E-state index contributed by atoms with van der Waals surface area (Å²) in [5.74, 6) is 1.24. The first kappa shape index (κ1) is 22.8. The van der Waals surface area contributed by atoms with Crippen LogP contribution in [0.2, 0.25) is 0 Å². The first-order valence-electron chi connectivity index (χ1n) is 11.3. The molecule has 1 N–H and O–H groups in total. The molecule has 0 unspecified atom stereocenters. The van der Waals surface area contributed by atoms with E-state index in [4.69, 9.17) is 0 Å². The largest absolute Gasteiger partial charge is 0.368 e. The van der Waals surface area contributed by atoms with Gasteiger partial charge in [0.2, 0.25) is 5.91 Å². The zero-order valence-electron chi connectivity index (χ0n) is 19.0. The Morgan fingerprint density at radius 1 is 0.968 bits per heavy atom. The van der Waals surface area contributed by atoms with Crippen molar-refractivity contribution >= 4 is 17.4 Å². The van der Waals surface area contributed by atoms with Crippen molar-refractivity contribution in [1.82, 2.24) is 15.1 Å². The Morgan fingerprint density at radius 2 is 1.65 bits per heavy atom. The zero-order valence-corrected chi connectivity index (χ0v) is 19.0. The van der Waals surface area contributed by atoms with Crippen LogP contribution in [0, 0.1) is 5.92 Å². The first-order chi connectivity index (χ1) is 14.9. The second-order valence-electron chi connectivity index (χ2n) is 8.79. The molecule has 0 saturated carbocycles. The maximum absolute atomic E-state index is 12.4. The number of nitrogens with zero attached hydrogens (tertiary/aromatic N) is 4. The second-order valence-corrected chi connectivity index (χ2v) is 8.79. The average Bonchev–Trinajstić information content (AvgIpc) is 2.75. The highest BCUT2D eigenvalue weighted by Crippen LogP contribution is 2.18. The Labute approximate surface area is 185 Å². The molecule has 1 aliphatic rings. The summed E-state index contributed by atoms with van der Waals surface area (Å²) in [6, 6.07) is 13.7. The summed E-state index contributed by atoms with van der Waals surface area (Å²) in [6.45, 7) is 9.78. The average molecular weight is 426 g/mol. The van der Waals surface area contributed by atoms with Crippen molar-refractivity contribution in [3.8, 4) is 0 Å². The first-order valence-corrected chi connectivity index (χ1v) is 11.3. The fourth-order valence-electron chi connectivity index (χ4n) is 3.91. The summed E-state index contributed by atoms with van der Waals surface area (Å²) >= 11 is 0. The summed E-state index contributed by atoms with van der Waals surface area (Å²) in [5.41, 5.74) is 0.966. The molecule has 1 amide bonds. The number of rotatable bonds is 9. The van der Waals surface area contributed by atoms with Crippen molar-refractivity contribution in [2.45, 2.75) is 52.6 Å². The van der Waals surface area contributed by atoms with Gasteiger partial charge in [0, 0.05) is 44.0 Å². The van der Waals surface area contributed by atoms with Crippen LogP contribution in [-0.4, -0.2) is 47.9 Å². The summed E-state index contributed by atoms with van der Waals surface area (Å²) in [5, 5.41) is 7.47. The molecule has 1 atom stereocenters. The van der Waals surface area contributed by atoms with Crippen LogP contribution in [0.4, 0.5) is 11.5 Å². The number of carbonyl (C=O) groups is 1. The number of piperazine rings is 1. The Morgan fingerprint density at radius 3 is 2.32 bits per heavy atom. The second kappa shape index (κ2) is 11.0. The van der Waals surface area contributed by atoms with Gasteiger partial charge in [0.15, 0.2) is 0 Å². The minimum Gasteiger partial charge on any atom is -0.368 e. The van der Waals surface area contributed by atoms with Crippen molar-refractivity contribution < 1.29 is 4.79 Å². The molecule has 2 heterocycles. The van der Waals surface area contributed by atoms with Crippen molar-refractivity contribution in [1.29, 1.82) is 0 Å². The molecule has 2 aromatic rings. The number of benzene rings is 1. The molecule has 1 aromatic carbocycles. The van der Waals surface area contributed by atoms with Crippen LogP contribution in [0.3, 0.4) is 0 Å². The number of anilines is 2. The Balaban J connectivity index is 1.54. The number of para-hydroxylation sites is 1. The van der Waals surface area contributed by atoms with E-state index in [1.54, 1.807) is 6.07 Å². The van der Waals surface area contributed by atoms with E-state index >= 15 is 0 Å². The number of aromatic nitrogens is 2. The lowest BCUT2D eigenvalue weighted by atomic mass is 10.0. The van der Waals surface area contributed by atoms with Gasteiger partial charge in [-0.05, 0) is 37.5 Å². The van der Waals surface area contributed by atoms with Gasteiger partial charge >= 0.3 is 0 Å². The summed E-state index contributed by atoms with van der Waals surface area (Å²) < 4.78 is 1.27. The summed E-state index contributed by atoms with van der Waals surface area (Å²) in [7, 11) is 0. The van der Waals surface area contributed by atoms with E-state index in [1.807, 2.05) is 13.0 Å². The molecule has 7 heteroatoms. The van der Waals surface area contributed by atoms with Crippen LogP contribution < -0.4 is 20.7 Å². The van der Waals surface area contributed by atoms with E-state index in [-0.39, 0.29) is 24.1 Å². The third-order valence-electron chi connectivity index (χ3n) is 5.70. The summed E-state index contributed by atoms with van der Waals surface area (Å²) in [6.07, 6.45) is 3.18. The van der Waals surface area contributed by atoms with E-state index in [1.165, 1.54) is 16.4 Å². The normalized spacial score (nSPS) is 15.2.